The maximum absolute atomic E-state index is 13.1. The average molecular weight is 530 g/mol. The number of anilines is 2. The predicted molar refractivity (Wildman–Crippen MR) is 148 cm³/mol. The van der Waals surface area contributed by atoms with Gasteiger partial charge < -0.3 is 19.5 Å². The molecule has 0 aliphatic carbocycles. The molecule has 0 atom stereocenters. The fourth-order valence-corrected chi connectivity index (χ4v) is 4.88. The summed E-state index contributed by atoms with van der Waals surface area (Å²) in [6, 6.07) is 20.0. The van der Waals surface area contributed by atoms with E-state index in [9.17, 15) is 14.7 Å². The molecule has 5 aromatic rings. The first kappa shape index (κ1) is 25.4. The van der Waals surface area contributed by atoms with Gasteiger partial charge in [-0.1, -0.05) is 35.5 Å². The molecule has 0 aliphatic rings. The van der Waals surface area contributed by atoms with Gasteiger partial charge in [0.15, 0.2) is 11.5 Å². The predicted octanol–water partition coefficient (Wildman–Crippen LogP) is 5.38. The molecular formula is C28H27N5O4S. The van der Waals surface area contributed by atoms with E-state index in [0.29, 0.717) is 27.7 Å². The fourth-order valence-electron chi connectivity index (χ4n) is 4.03. The third-order valence-electron chi connectivity index (χ3n) is 5.77. The summed E-state index contributed by atoms with van der Waals surface area (Å²) < 4.78 is 7.08. The first-order chi connectivity index (χ1) is 18.2. The van der Waals surface area contributed by atoms with E-state index < -0.39 is 5.60 Å². The molecule has 194 valence electrons. The quantitative estimate of drug-likeness (QED) is 0.219. The molecular weight excluding hydrogens is 502 g/mol. The molecule has 1 amide bonds. The van der Waals surface area contributed by atoms with E-state index in [2.05, 4.69) is 20.8 Å². The molecule has 38 heavy (non-hydrogen) atoms. The molecule has 0 bridgehead atoms. The lowest BCUT2D eigenvalue weighted by atomic mass is 10.1. The largest absolute Gasteiger partial charge is 0.389 e. The number of benzene rings is 2. The van der Waals surface area contributed by atoms with Crippen LogP contribution in [0.3, 0.4) is 0 Å². The summed E-state index contributed by atoms with van der Waals surface area (Å²) in [6.07, 6.45) is 0. The lowest BCUT2D eigenvalue weighted by molar-refractivity contribution is 0.0630. The summed E-state index contributed by atoms with van der Waals surface area (Å²) in [4.78, 5) is 31.5. The number of aliphatic hydroxyl groups is 1. The van der Waals surface area contributed by atoms with Gasteiger partial charge in [0.25, 0.3) is 5.91 Å². The van der Waals surface area contributed by atoms with Crippen LogP contribution in [-0.2, 0) is 6.54 Å². The number of Topliss-reactive ketones (excluding diaryl/α,β-unsaturated/α-hetero) is 1. The van der Waals surface area contributed by atoms with Gasteiger partial charge in [-0.15, -0.1) is 11.3 Å². The number of nitrogens with zero attached hydrogens (tertiary/aromatic N) is 3. The van der Waals surface area contributed by atoms with Crippen LogP contribution < -0.4 is 10.6 Å². The Morgan fingerprint density at radius 2 is 1.87 bits per heavy atom. The second-order valence-electron chi connectivity index (χ2n) is 9.63. The van der Waals surface area contributed by atoms with Crippen molar-refractivity contribution < 1.29 is 19.2 Å². The Bertz CT molecular complexity index is 1610. The number of rotatable bonds is 9. The molecule has 0 aliphatic heterocycles. The Morgan fingerprint density at radius 1 is 1.08 bits per heavy atom. The van der Waals surface area contributed by atoms with E-state index in [-0.39, 0.29) is 24.8 Å². The fraction of sp³-hybridized carbons (Fsp3) is 0.214. The number of carbonyl (C=O) groups is 2. The summed E-state index contributed by atoms with van der Waals surface area (Å²) >= 11 is 1.29. The SMILES string of the molecule is Cc1cc(-c2ccc(C(=O)Nc3nc4cc(NCC(=O)c5ccccc5)ccc4n3CC(C)(C)O)s2)on1. The van der Waals surface area contributed by atoms with Crippen LogP contribution in [0.1, 0.15) is 39.6 Å². The van der Waals surface area contributed by atoms with Crippen molar-refractivity contribution in [1.29, 1.82) is 0 Å². The van der Waals surface area contributed by atoms with Crippen LogP contribution in [0, 0.1) is 6.92 Å². The third-order valence-corrected chi connectivity index (χ3v) is 6.87. The summed E-state index contributed by atoms with van der Waals surface area (Å²) in [7, 11) is 0. The van der Waals surface area contributed by atoms with Crippen molar-refractivity contribution in [3.8, 4) is 10.6 Å². The molecule has 0 saturated heterocycles. The third kappa shape index (κ3) is 5.66. The van der Waals surface area contributed by atoms with E-state index in [0.717, 1.165) is 21.8 Å². The standard InChI is InChI=1S/C28H27N5O4S/c1-17-13-23(37-32-17)24-11-12-25(38-24)26(35)31-27-30-20-14-19(9-10-21(20)33(27)16-28(2,3)36)29-15-22(34)18-7-5-4-6-8-18/h4-14,29,36H,15-16H2,1-3H3,(H,30,31,35). The highest BCUT2D eigenvalue weighted by molar-refractivity contribution is 7.17. The topological polar surface area (TPSA) is 122 Å². The number of aromatic nitrogens is 3. The molecule has 0 unspecified atom stereocenters. The zero-order valence-electron chi connectivity index (χ0n) is 21.2. The number of hydrogen-bond donors (Lipinski definition) is 3. The summed E-state index contributed by atoms with van der Waals surface area (Å²) in [5.41, 5.74) is 2.43. The maximum atomic E-state index is 13.1. The molecule has 0 fully saturated rings. The number of imidazole rings is 1. The van der Waals surface area contributed by atoms with Gasteiger partial charge in [0.1, 0.15) is 0 Å². The monoisotopic (exact) mass is 529 g/mol. The van der Waals surface area contributed by atoms with Crippen molar-refractivity contribution in [1.82, 2.24) is 14.7 Å². The number of aryl methyl sites for hydroxylation is 1. The van der Waals surface area contributed by atoms with Gasteiger partial charge in [0.2, 0.25) is 5.95 Å². The second-order valence-corrected chi connectivity index (χ2v) is 10.7. The van der Waals surface area contributed by atoms with Crippen molar-refractivity contribution in [3.63, 3.8) is 0 Å². The number of amides is 1. The van der Waals surface area contributed by atoms with Gasteiger partial charge in [0, 0.05) is 17.3 Å². The molecule has 2 aromatic carbocycles. The van der Waals surface area contributed by atoms with Crippen LogP contribution >= 0.6 is 11.3 Å². The highest BCUT2D eigenvalue weighted by Gasteiger charge is 2.22. The first-order valence-electron chi connectivity index (χ1n) is 12.1. The smallest absolute Gasteiger partial charge is 0.268 e. The van der Waals surface area contributed by atoms with E-state index >= 15 is 0 Å². The number of nitrogens with one attached hydrogen (secondary N) is 2. The van der Waals surface area contributed by atoms with Crippen molar-refractivity contribution in [3.05, 3.63) is 82.9 Å². The average Bonchev–Trinajstić information content (AvgIpc) is 3.61. The maximum Gasteiger partial charge on any atom is 0.268 e. The van der Waals surface area contributed by atoms with E-state index in [1.807, 2.05) is 55.5 Å². The zero-order valence-corrected chi connectivity index (χ0v) is 22.0. The number of hydrogen-bond acceptors (Lipinski definition) is 8. The molecule has 3 aromatic heterocycles. The lowest BCUT2D eigenvalue weighted by Crippen LogP contribution is -2.27. The summed E-state index contributed by atoms with van der Waals surface area (Å²) in [5, 5.41) is 20.5. The highest BCUT2D eigenvalue weighted by Crippen LogP contribution is 2.30. The molecule has 3 heterocycles. The molecule has 0 saturated carbocycles. The van der Waals surface area contributed by atoms with E-state index in [1.54, 1.807) is 36.6 Å². The van der Waals surface area contributed by atoms with Gasteiger partial charge in [-0.3, -0.25) is 14.9 Å². The van der Waals surface area contributed by atoms with Gasteiger partial charge >= 0.3 is 0 Å². The highest BCUT2D eigenvalue weighted by atomic mass is 32.1. The van der Waals surface area contributed by atoms with Crippen LogP contribution in [0.4, 0.5) is 11.6 Å². The minimum Gasteiger partial charge on any atom is -0.389 e. The number of ketones is 1. The first-order valence-corrected chi connectivity index (χ1v) is 12.9. The molecule has 5 rings (SSSR count). The van der Waals surface area contributed by atoms with Crippen LogP contribution in [0.5, 0.6) is 0 Å². The number of thiophene rings is 1. The Labute approximate surface area is 223 Å². The van der Waals surface area contributed by atoms with Gasteiger partial charge in [-0.25, -0.2) is 4.98 Å². The van der Waals surface area contributed by atoms with Crippen molar-refractivity contribution in [2.75, 3.05) is 17.2 Å². The van der Waals surface area contributed by atoms with E-state index in [1.165, 1.54) is 11.3 Å². The van der Waals surface area contributed by atoms with Gasteiger partial charge in [-0.2, -0.15) is 0 Å². The molecule has 10 heteroatoms. The van der Waals surface area contributed by atoms with Gasteiger partial charge in [-0.05, 0) is 51.1 Å². The van der Waals surface area contributed by atoms with Crippen LogP contribution in [0.25, 0.3) is 21.7 Å². The van der Waals surface area contributed by atoms with Crippen molar-refractivity contribution in [2.24, 2.45) is 0 Å². The Morgan fingerprint density at radius 3 is 2.58 bits per heavy atom. The van der Waals surface area contributed by atoms with Crippen LogP contribution in [-0.4, -0.2) is 43.7 Å². The molecule has 9 nitrogen and oxygen atoms in total. The van der Waals surface area contributed by atoms with Crippen LogP contribution in [0.2, 0.25) is 0 Å². The molecule has 0 spiro atoms. The van der Waals surface area contributed by atoms with E-state index in [4.69, 9.17) is 4.52 Å². The van der Waals surface area contributed by atoms with Gasteiger partial charge in [0.05, 0.1) is 45.2 Å². The molecule has 0 radical (unpaired) electrons. The normalized spacial score (nSPS) is 11.6. The minimum absolute atomic E-state index is 0.0259. The molecule has 3 N–H and O–H groups in total. The Kier molecular flexibility index (Phi) is 6.83. The minimum atomic E-state index is -1.05. The van der Waals surface area contributed by atoms with Crippen molar-refractivity contribution >= 4 is 45.7 Å². The number of carbonyl (C=O) groups excluding carboxylic acids is 2. The Balaban J connectivity index is 1.38. The second kappa shape index (κ2) is 10.2. The lowest BCUT2D eigenvalue weighted by Gasteiger charge is -2.20. The van der Waals surface area contributed by atoms with Crippen LogP contribution in [0.15, 0.2) is 71.3 Å². The summed E-state index contributed by atoms with van der Waals surface area (Å²) in [6.45, 7) is 5.57. The number of fused-ring (bicyclic) bond motifs is 1. The summed E-state index contributed by atoms with van der Waals surface area (Å²) in [5.74, 6) is 0.570. The Hall–Kier alpha value is -4.28. The van der Waals surface area contributed by atoms with Crippen molar-refractivity contribution in [2.45, 2.75) is 32.9 Å². The zero-order chi connectivity index (χ0) is 26.9.